The molecule has 72 valence electrons. The molecule has 2 N–H and O–H groups in total. The number of nitrogens with zero attached hydrogens (tertiary/aromatic N) is 1. The van der Waals surface area contributed by atoms with Crippen molar-refractivity contribution in [1.29, 1.82) is 0 Å². The molecule has 1 aromatic heterocycles. The van der Waals surface area contributed by atoms with E-state index < -0.39 is 0 Å². The van der Waals surface area contributed by atoms with E-state index in [1.165, 1.54) is 5.69 Å². The normalized spacial score (nSPS) is 26.5. The zero-order chi connectivity index (χ0) is 9.47. The summed E-state index contributed by atoms with van der Waals surface area (Å²) >= 11 is 0. The van der Waals surface area contributed by atoms with Gasteiger partial charge in [0.05, 0.1) is 5.69 Å². The van der Waals surface area contributed by atoms with E-state index in [1.54, 1.807) is 0 Å². The molecule has 1 fully saturated rings. The van der Waals surface area contributed by atoms with E-state index in [1.807, 2.05) is 6.92 Å². The van der Waals surface area contributed by atoms with Gasteiger partial charge in [0.2, 0.25) is 0 Å². The van der Waals surface area contributed by atoms with Gasteiger partial charge in [-0.05, 0) is 18.4 Å². The molecule has 13 heavy (non-hydrogen) atoms. The Hall–Kier alpha value is -0.830. The predicted octanol–water partition coefficient (Wildman–Crippen LogP) is 1.43. The quantitative estimate of drug-likeness (QED) is 0.684. The Morgan fingerprint density at radius 1 is 1.54 bits per heavy atom. The average Bonchev–Trinajstić information content (AvgIpc) is 2.56. The largest absolute Gasteiger partial charge is 0.315 e. The Balaban J connectivity index is 2.26. The summed E-state index contributed by atoms with van der Waals surface area (Å²) < 4.78 is 0. The Bertz CT molecular complexity index is 301. The van der Waals surface area contributed by atoms with E-state index in [4.69, 9.17) is 0 Å². The molecule has 1 aromatic rings. The lowest BCUT2D eigenvalue weighted by Gasteiger charge is -2.23. The SMILES string of the molecule is Cc1cc(C2CNCC2(C)C)n[nH]1. The van der Waals surface area contributed by atoms with Gasteiger partial charge in [0.1, 0.15) is 0 Å². The van der Waals surface area contributed by atoms with Gasteiger partial charge in [0.15, 0.2) is 0 Å². The fraction of sp³-hybridized carbons (Fsp3) is 0.700. The van der Waals surface area contributed by atoms with Crippen LogP contribution in [0, 0.1) is 12.3 Å². The highest BCUT2D eigenvalue weighted by Crippen LogP contribution is 2.37. The maximum Gasteiger partial charge on any atom is 0.0674 e. The highest BCUT2D eigenvalue weighted by atomic mass is 15.1. The first-order valence-electron chi connectivity index (χ1n) is 4.82. The van der Waals surface area contributed by atoms with Crippen molar-refractivity contribution in [3.63, 3.8) is 0 Å². The molecule has 1 saturated heterocycles. The molecule has 0 bridgehead atoms. The number of hydrogen-bond donors (Lipinski definition) is 2. The van der Waals surface area contributed by atoms with Gasteiger partial charge in [0, 0.05) is 24.7 Å². The van der Waals surface area contributed by atoms with Crippen molar-refractivity contribution in [3.8, 4) is 0 Å². The van der Waals surface area contributed by atoms with Gasteiger partial charge < -0.3 is 5.32 Å². The van der Waals surface area contributed by atoms with Crippen molar-refractivity contribution in [1.82, 2.24) is 15.5 Å². The van der Waals surface area contributed by atoms with E-state index in [2.05, 4.69) is 35.4 Å². The zero-order valence-electron chi connectivity index (χ0n) is 8.52. The summed E-state index contributed by atoms with van der Waals surface area (Å²) in [4.78, 5) is 0. The summed E-state index contributed by atoms with van der Waals surface area (Å²) in [5.74, 6) is 0.553. The van der Waals surface area contributed by atoms with Crippen molar-refractivity contribution in [2.45, 2.75) is 26.7 Å². The molecule has 0 spiro atoms. The summed E-state index contributed by atoms with van der Waals surface area (Å²) in [7, 11) is 0. The molecule has 2 heterocycles. The van der Waals surface area contributed by atoms with Crippen molar-refractivity contribution >= 4 is 0 Å². The number of hydrogen-bond acceptors (Lipinski definition) is 2. The van der Waals surface area contributed by atoms with Crippen molar-refractivity contribution in [2.75, 3.05) is 13.1 Å². The first-order valence-corrected chi connectivity index (χ1v) is 4.82. The van der Waals surface area contributed by atoms with Crippen LogP contribution in [0.4, 0.5) is 0 Å². The highest BCUT2D eigenvalue weighted by Gasteiger charge is 2.36. The van der Waals surface area contributed by atoms with Crippen LogP contribution in [0.2, 0.25) is 0 Å². The predicted molar refractivity (Wildman–Crippen MR) is 52.7 cm³/mol. The van der Waals surface area contributed by atoms with E-state index in [9.17, 15) is 0 Å². The molecule has 1 unspecified atom stereocenters. The topological polar surface area (TPSA) is 40.7 Å². The van der Waals surface area contributed by atoms with Crippen LogP contribution in [0.25, 0.3) is 0 Å². The summed E-state index contributed by atoms with van der Waals surface area (Å²) in [6.07, 6.45) is 0. The fourth-order valence-electron chi connectivity index (χ4n) is 2.06. The maximum atomic E-state index is 4.33. The summed E-state index contributed by atoms with van der Waals surface area (Å²) in [5, 5.41) is 10.8. The van der Waals surface area contributed by atoms with E-state index in [-0.39, 0.29) is 0 Å². The second-order valence-electron chi connectivity index (χ2n) is 4.65. The van der Waals surface area contributed by atoms with Crippen molar-refractivity contribution in [2.24, 2.45) is 5.41 Å². The van der Waals surface area contributed by atoms with Crippen LogP contribution in [-0.2, 0) is 0 Å². The molecule has 1 aliphatic rings. The van der Waals surface area contributed by atoms with E-state index in [0.717, 1.165) is 18.8 Å². The van der Waals surface area contributed by atoms with Gasteiger partial charge >= 0.3 is 0 Å². The van der Waals surface area contributed by atoms with Crippen LogP contribution in [0.15, 0.2) is 6.07 Å². The molecular formula is C10H17N3. The van der Waals surface area contributed by atoms with Crippen LogP contribution in [0.3, 0.4) is 0 Å². The molecule has 3 heteroatoms. The summed E-state index contributed by atoms with van der Waals surface area (Å²) in [6, 6.07) is 2.15. The van der Waals surface area contributed by atoms with Gasteiger partial charge in [-0.3, -0.25) is 5.10 Å². The zero-order valence-corrected chi connectivity index (χ0v) is 8.52. The molecule has 0 radical (unpaired) electrons. The van der Waals surface area contributed by atoms with Gasteiger partial charge in [-0.1, -0.05) is 13.8 Å². The first-order chi connectivity index (χ1) is 6.09. The first kappa shape index (κ1) is 8.75. The smallest absolute Gasteiger partial charge is 0.0674 e. The van der Waals surface area contributed by atoms with Crippen LogP contribution in [-0.4, -0.2) is 23.3 Å². The lowest BCUT2D eigenvalue weighted by atomic mass is 9.80. The Kier molecular flexibility index (Phi) is 1.91. The number of nitrogens with one attached hydrogen (secondary N) is 2. The lowest BCUT2D eigenvalue weighted by Crippen LogP contribution is -2.20. The monoisotopic (exact) mass is 179 g/mol. The molecule has 0 aromatic carbocycles. The third kappa shape index (κ3) is 1.48. The van der Waals surface area contributed by atoms with Crippen LogP contribution in [0.5, 0.6) is 0 Å². The number of H-pyrrole nitrogens is 1. The van der Waals surface area contributed by atoms with Gasteiger partial charge in [0.25, 0.3) is 0 Å². The minimum Gasteiger partial charge on any atom is -0.315 e. The van der Waals surface area contributed by atoms with E-state index >= 15 is 0 Å². The van der Waals surface area contributed by atoms with Gasteiger partial charge in [-0.15, -0.1) is 0 Å². The second kappa shape index (κ2) is 2.84. The fourth-order valence-corrected chi connectivity index (χ4v) is 2.06. The van der Waals surface area contributed by atoms with Gasteiger partial charge in [-0.2, -0.15) is 5.10 Å². The third-order valence-corrected chi connectivity index (χ3v) is 2.96. The molecular weight excluding hydrogens is 162 g/mol. The number of aryl methyl sites for hydroxylation is 1. The molecule has 0 aliphatic carbocycles. The summed E-state index contributed by atoms with van der Waals surface area (Å²) in [6.45, 7) is 8.77. The number of rotatable bonds is 1. The minimum absolute atomic E-state index is 0.335. The molecule has 0 saturated carbocycles. The Labute approximate surface area is 78.9 Å². The number of aromatic amines is 1. The maximum absolute atomic E-state index is 4.33. The molecule has 1 aliphatic heterocycles. The second-order valence-corrected chi connectivity index (χ2v) is 4.65. The average molecular weight is 179 g/mol. The molecule has 3 nitrogen and oxygen atoms in total. The van der Waals surface area contributed by atoms with E-state index in [0.29, 0.717) is 11.3 Å². The molecule has 2 rings (SSSR count). The Morgan fingerprint density at radius 3 is 2.77 bits per heavy atom. The standard InChI is InChI=1S/C10H17N3/c1-7-4-9(13-12-7)8-5-11-6-10(8,2)3/h4,8,11H,5-6H2,1-3H3,(H,12,13). The highest BCUT2D eigenvalue weighted by molar-refractivity contribution is 5.17. The molecule has 1 atom stereocenters. The minimum atomic E-state index is 0.335. The summed E-state index contributed by atoms with van der Waals surface area (Å²) in [5.41, 5.74) is 2.69. The Morgan fingerprint density at radius 2 is 2.31 bits per heavy atom. The van der Waals surface area contributed by atoms with Crippen LogP contribution in [0.1, 0.15) is 31.2 Å². The number of aromatic nitrogens is 2. The lowest BCUT2D eigenvalue weighted by molar-refractivity contribution is 0.357. The van der Waals surface area contributed by atoms with Crippen molar-refractivity contribution < 1.29 is 0 Å². The van der Waals surface area contributed by atoms with Crippen LogP contribution >= 0.6 is 0 Å². The molecule has 0 amide bonds. The van der Waals surface area contributed by atoms with Gasteiger partial charge in [-0.25, -0.2) is 0 Å². The van der Waals surface area contributed by atoms with Crippen LogP contribution < -0.4 is 5.32 Å². The third-order valence-electron chi connectivity index (χ3n) is 2.96. The van der Waals surface area contributed by atoms with Crippen molar-refractivity contribution in [3.05, 3.63) is 17.5 Å².